The maximum absolute atomic E-state index is 5.86. The summed E-state index contributed by atoms with van der Waals surface area (Å²) in [5.41, 5.74) is 5.27. The molecule has 0 amide bonds. The lowest BCUT2D eigenvalue weighted by Gasteiger charge is -2.28. The lowest BCUT2D eigenvalue weighted by atomic mass is 9.95. The van der Waals surface area contributed by atoms with Gasteiger partial charge in [-0.3, -0.25) is 0 Å². The van der Waals surface area contributed by atoms with Crippen LogP contribution >= 0.6 is 0 Å². The van der Waals surface area contributed by atoms with E-state index in [0.717, 1.165) is 31.7 Å². The minimum Gasteiger partial charge on any atom is -0.493 e. The third-order valence-corrected chi connectivity index (χ3v) is 4.12. The predicted octanol–water partition coefficient (Wildman–Crippen LogP) is 3.96. The van der Waals surface area contributed by atoms with Gasteiger partial charge in [0.2, 0.25) is 0 Å². The van der Waals surface area contributed by atoms with Gasteiger partial charge in [-0.1, -0.05) is 48.0 Å². The molecule has 1 N–H and O–H groups in total. The van der Waals surface area contributed by atoms with E-state index in [1.807, 2.05) is 0 Å². The van der Waals surface area contributed by atoms with Gasteiger partial charge in [0.25, 0.3) is 0 Å². The molecule has 1 atom stereocenters. The fourth-order valence-corrected chi connectivity index (χ4v) is 3.12. The van der Waals surface area contributed by atoms with Crippen LogP contribution in [0.1, 0.15) is 34.7 Å². The van der Waals surface area contributed by atoms with Crippen molar-refractivity contribution in [2.75, 3.05) is 13.2 Å². The highest BCUT2D eigenvalue weighted by Crippen LogP contribution is 2.35. The van der Waals surface area contributed by atoms with E-state index in [9.17, 15) is 0 Å². The summed E-state index contributed by atoms with van der Waals surface area (Å²) in [5.74, 6) is 1.09. The minimum absolute atomic E-state index is 0.413. The van der Waals surface area contributed by atoms with Gasteiger partial charge in [-0.2, -0.15) is 0 Å². The predicted molar refractivity (Wildman–Crippen MR) is 86.9 cm³/mol. The summed E-state index contributed by atoms with van der Waals surface area (Å²) >= 11 is 0. The minimum atomic E-state index is 0.413. The molecule has 0 radical (unpaired) electrons. The summed E-state index contributed by atoms with van der Waals surface area (Å²) < 4.78 is 5.86. The van der Waals surface area contributed by atoms with Crippen LogP contribution in [0.5, 0.6) is 5.75 Å². The molecule has 0 aromatic heterocycles. The molecule has 0 bridgehead atoms. The Labute approximate surface area is 127 Å². The molecule has 1 aliphatic heterocycles. The highest BCUT2D eigenvalue weighted by molar-refractivity contribution is 5.46. The van der Waals surface area contributed by atoms with Gasteiger partial charge in [-0.15, -0.1) is 0 Å². The molecule has 1 heterocycles. The quantitative estimate of drug-likeness (QED) is 0.916. The van der Waals surface area contributed by atoms with E-state index in [0.29, 0.717) is 6.04 Å². The van der Waals surface area contributed by atoms with E-state index in [1.165, 1.54) is 22.3 Å². The number of hydrogen-bond donors (Lipinski definition) is 1. The zero-order valence-electron chi connectivity index (χ0n) is 12.9. The molecular weight excluding hydrogens is 258 g/mol. The van der Waals surface area contributed by atoms with Gasteiger partial charge in [0.1, 0.15) is 5.75 Å². The van der Waals surface area contributed by atoms with Crippen LogP contribution in [0.2, 0.25) is 0 Å². The molecule has 0 saturated carbocycles. The number of fused-ring (bicyclic) bond motifs is 1. The standard InChI is InChI=1S/C19H23NO/c1-14-12-15(2)19-17(13-14)18(9-11-21-19)20-10-8-16-6-4-3-5-7-16/h3-7,12-13,18,20H,8-11H2,1-2H3. The van der Waals surface area contributed by atoms with Crippen molar-refractivity contribution >= 4 is 0 Å². The van der Waals surface area contributed by atoms with Crippen LogP contribution < -0.4 is 10.1 Å². The van der Waals surface area contributed by atoms with Crippen LogP contribution in [-0.2, 0) is 6.42 Å². The molecule has 2 aromatic carbocycles. The largest absolute Gasteiger partial charge is 0.493 e. The van der Waals surface area contributed by atoms with Gasteiger partial charge in [0.15, 0.2) is 0 Å². The third kappa shape index (κ3) is 3.27. The van der Waals surface area contributed by atoms with Crippen molar-refractivity contribution < 1.29 is 4.74 Å². The van der Waals surface area contributed by atoms with Crippen LogP contribution in [0.4, 0.5) is 0 Å². The smallest absolute Gasteiger partial charge is 0.126 e. The first-order chi connectivity index (χ1) is 10.2. The number of hydrogen-bond acceptors (Lipinski definition) is 2. The van der Waals surface area contributed by atoms with Gasteiger partial charge in [-0.25, -0.2) is 0 Å². The van der Waals surface area contributed by atoms with Crippen molar-refractivity contribution in [1.29, 1.82) is 0 Å². The number of benzene rings is 2. The first kappa shape index (κ1) is 14.2. The lowest BCUT2D eigenvalue weighted by Crippen LogP contribution is -2.29. The average molecular weight is 281 g/mol. The average Bonchev–Trinajstić information content (AvgIpc) is 2.49. The molecule has 2 aromatic rings. The number of aryl methyl sites for hydroxylation is 2. The van der Waals surface area contributed by atoms with Crippen molar-refractivity contribution in [1.82, 2.24) is 5.32 Å². The van der Waals surface area contributed by atoms with Gasteiger partial charge < -0.3 is 10.1 Å². The molecule has 2 heteroatoms. The monoisotopic (exact) mass is 281 g/mol. The highest BCUT2D eigenvalue weighted by atomic mass is 16.5. The van der Waals surface area contributed by atoms with E-state index >= 15 is 0 Å². The first-order valence-corrected chi connectivity index (χ1v) is 7.75. The Bertz CT molecular complexity index is 606. The fraction of sp³-hybridized carbons (Fsp3) is 0.368. The molecular formula is C19H23NO. The molecule has 0 fully saturated rings. The SMILES string of the molecule is Cc1cc(C)c2c(c1)C(NCCc1ccccc1)CCO2. The normalized spacial score (nSPS) is 17.1. The summed E-state index contributed by atoms with van der Waals surface area (Å²) in [6, 6.07) is 15.5. The summed E-state index contributed by atoms with van der Waals surface area (Å²) in [5, 5.41) is 3.70. The zero-order chi connectivity index (χ0) is 14.7. The maximum atomic E-state index is 5.86. The maximum Gasteiger partial charge on any atom is 0.126 e. The van der Waals surface area contributed by atoms with Crippen LogP contribution in [0.3, 0.4) is 0 Å². The van der Waals surface area contributed by atoms with Crippen LogP contribution in [0.15, 0.2) is 42.5 Å². The number of rotatable bonds is 4. The van der Waals surface area contributed by atoms with E-state index in [2.05, 4.69) is 61.6 Å². The second-order valence-corrected chi connectivity index (χ2v) is 5.88. The molecule has 1 aliphatic rings. The zero-order valence-corrected chi connectivity index (χ0v) is 12.9. The Morgan fingerprint density at radius 3 is 2.76 bits per heavy atom. The summed E-state index contributed by atoms with van der Waals surface area (Å²) in [7, 11) is 0. The molecule has 0 saturated heterocycles. The molecule has 3 rings (SSSR count). The van der Waals surface area contributed by atoms with Crippen LogP contribution in [0.25, 0.3) is 0 Å². The van der Waals surface area contributed by atoms with Crippen molar-refractivity contribution in [2.45, 2.75) is 32.7 Å². The topological polar surface area (TPSA) is 21.3 Å². The van der Waals surface area contributed by atoms with Gasteiger partial charge >= 0.3 is 0 Å². The van der Waals surface area contributed by atoms with Crippen molar-refractivity contribution in [3.05, 3.63) is 64.7 Å². The van der Waals surface area contributed by atoms with Gasteiger partial charge in [0.05, 0.1) is 6.61 Å². The Kier molecular flexibility index (Phi) is 4.26. The molecule has 110 valence electrons. The molecule has 21 heavy (non-hydrogen) atoms. The van der Waals surface area contributed by atoms with Crippen LogP contribution in [0, 0.1) is 13.8 Å². The van der Waals surface area contributed by atoms with Gasteiger partial charge in [0, 0.05) is 18.0 Å². The van der Waals surface area contributed by atoms with Crippen molar-refractivity contribution in [3.8, 4) is 5.75 Å². The van der Waals surface area contributed by atoms with Gasteiger partial charge in [-0.05, 0) is 37.9 Å². The van der Waals surface area contributed by atoms with E-state index < -0.39 is 0 Å². The third-order valence-electron chi connectivity index (χ3n) is 4.12. The summed E-state index contributed by atoms with van der Waals surface area (Å²) in [6.45, 7) is 6.10. The molecule has 1 unspecified atom stereocenters. The molecule has 2 nitrogen and oxygen atoms in total. The fourth-order valence-electron chi connectivity index (χ4n) is 3.12. The second-order valence-electron chi connectivity index (χ2n) is 5.88. The van der Waals surface area contributed by atoms with E-state index in [1.54, 1.807) is 0 Å². The number of nitrogens with one attached hydrogen (secondary N) is 1. The second kappa shape index (κ2) is 6.31. The van der Waals surface area contributed by atoms with E-state index in [4.69, 9.17) is 4.74 Å². The highest BCUT2D eigenvalue weighted by Gasteiger charge is 2.22. The number of ether oxygens (including phenoxy) is 1. The van der Waals surface area contributed by atoms with Crippen molar-refractivity contribution in [3.63, 3.8) is 0 Å². The van der Waals surface area contributed by atoms with E-state index in [-0.39, 0.29) is 0 Å². The summed E-state index contributed by atoms with van der Waals surface area (Å²) in [6.07, 6.45) is 2.11. The lowest BCUT2D eigenvalue weighted by molar-refractivity contribution is 0.251. The first-order valence-electron chi connectivity index (χ1n) is 7.75. The Morgan fingerprint density at radius 1 is 1.14 bits per heavy atom. The molecule has 0 spiro atoms. The Balaban J connectivity index is 1.68. The van der Waals surface area contributed by atoms with Crippen LogP contribution in [-0.4, -0.2) is 13.2 Å². The summed E-state index contributed by atoms with van der Waals surface area (Å²) in [4.78, 5) is 0. The van der Waals surface area contributed by atoms with Crippen molar-refractivity contribution in [2.24, 2.45) is 0 Å². The Morgan fingerprint density at radius 2 is 1.95 bits per heavy atom. The molecule has 0 aliphatic carbocycles. The Hall–Kier alpha value is -1.80.